The van der Waals surface area contributed by atoms with E-state index in [2.05, 4.69) is 48.5 Å². The molecule has 2 rings (SSSR count). The molecule has 0 aromatic rings. The molecular weight excluding hydrogens is 350 g/mol. The average molecular weight is 406 g/mol. The van der Waals surface area contributed by atoms with Crippen molar-refractivity contribution in [2.45, 2.75) is 132 Å². The van der Waals surface area contributed by atoms with Crippen LogP contribution in [0.5, 0.6) is 0 Å². The topological polar surface area (TPSA) is 26.0 Å². The third-order valence-electron chi connectivity index (χ3n) is 8.85. The Labute approximate surface area is 184 Å². The summed E-state index contributed by atoms with van der Waals surface area (Å²) in [5.74, 6) is 6.57. The molecule has 0 saturated heterocycles. The Balaban J connectivity index is 2.10. The van der Waals surface area contributed by atoms with E-state index in [0.29, 0.717) is 11.5 Å². The number of hydrogen-bond donors (Lipinski definition) is 1. The van der Waals surface area contributed by atoms with E-state index in [4.69, 9.17) is 5.73 Å². The second-order valence-corrected chi connectivity index (χ2v) is 12.5. The Kier molecular flexibility index (Phi) is 10.0. The lowest BCUT2D eigenvalue weighted by Gasteiger charge is -2.51. The molecule has 29 heavy (non-hydrogen) atoms. The summed E-state index contributed by atoms with van der Waals surface area (Å²) in [7, 11) is 0. The fourth-order valence-electron chi connectivity index (χ4n) is 7.41. The van der Waals surface area contributed by atoms with Gasteiger partial charge in [-0.05, 0) is 91.8 Å². The molecular formula is C28H55N. The molecule has 2 saturated carbocycles. The Hall–Kier alpha value is -0.0400. The van der Waals surface area contributed by atoms with Gasteiger partial charge in [0.15, 0.2) is 0 Å². The van der Waals surface area contributed by atoms with Gasteiger partial charge in [0.1, 0.15) is 0 Å². The normalized spacial score (nSPS) is 33.7. The summed E-state index contributed by atoms with van der Waals surface area (Å²) in [5, 5.41) is 0. The van der Waals surface area contributed by atoms with E-state index in [0.717, 1.165) is 41.4 Å². The molecule has 1 heteroatoms. The predicted octanol–water partition coefficient (Wildman–Crippen LogP) is 8.46. The van der Waals surface area contributed by atoms with Crippen LogP contribution in [0.25, 0.3) is 0 Å². The van der Waals surface area contributed by atoms with Crippen LogP contribution in [0.1, 0.15) is 126 Å². The van der Waals surface area contributed by atoms with E-state index >= 15 is 0 Å². The van der Waals surface area contributed by atoms with Gasteiger partial charge in [0.2, 0.25) is 0 Å². The maximum absolute atomic E-state index is 6.39. The Morgan fingerprint density at radius 1 is 0.966 bits per heavy atom. The van der Waals surface area contributed by atoms with E-state index in [1.54, 1.807) is 0 Å². The number of nitrogens with two attached hydrogens (primary N) is 1. The Morgan fingerprint density at radius 3 is 2.31 bits per heavy atom. The minimum Gasteiger partial charge on any atom is -0.328 e. The Bertz CT molecular complexity index is 450. The summed E-state index contributed by atoms with van der Waals surface area (Å²) in [6, 6.07) is 0.486. The molecule has 1 nitrogen and oxygen atoms in total. The van der Waals surface area contributed by atoms with Crippen molar-refractivity contribution in [3.05, 3.63) is 0 Å². The first-order chi connectivity index (χ1) is 13.7. The van der Waals surface area contributed by atoms with Crippen LogP contribution in [-0.2, 0) is 0 Å². The lowest BCUT2D eigenvalue weighted by atomic mass is 9.55. The minimum atomic E-state index is 0.485. The highest BCUT2D eigenvalue weighted by molar-refractivity contribution is 4.95. The highest BCUT2D eigenvalue weighted by Gasteiger charge is 2.44. The first kappa shape index (κ1) is 25.2. The monoisotopic (exact) mass is 405 g/mol. The molecule has 2 aliphatic rings. The van der Waals surface area contributed by atoms with Crippen LogP contribution in [0, 0.1) is 46.8 Å². The van der Waals surface area contributed by atoms with Crippen LogP contribution in [-0.4, -0.2) is 6.04 Å². The van der Waals surface area contributed by atoms with Crippen molar-refractivity contribution < 1.29 is 0 Å². The molecule has 7 unspecified atom stereocenters. The van der Waals surface area contributed by atoms with Crippen molar-refractivity contribution in [1.29, 1.82) is 0 Å². The van der Waals surface area contributed by atoms with Gasteiger partial charge in [0.25, 0.3) is 0 Å². The summed E-state index contributed by atoms with van der Waals surface area (Å²) in [5.41, 5.74) is 6.88. The van der Waals surface area contributed by atoms with Gasteiger partial charge >= 0.3 is 0 Å². The molecule has 2 fully saturated rings. The molecule has 0 amide bonds. The van der Waals surface area contributed by atoms with E-state index in [1.807, 2.05) is 0 Å². The lowest BCUT2D eigenvalue weighted by Crippen LogP contribution is -2.45. The maximum Gasteiger partial charge on any atom is 0.00416 e. The summed E-state index contributed by atoms with van der Waals surface area (Å²) < 4.78 is 0. The van der Waals surface area contributed by atoms with E-state index < -0.39 is 0 Å². The molecule has 0 radical (unpaired) electrons. The second-order valence-electron chi connectivity index (χ2n) is 12.5. The van der Waals surface area contributed by atoms with Gasteiger partial charge in [-0.25, -0.2) is 0 Å². The van der Waals surface area contributed by atoms with E-state index in [9.17, 15) is 0 Å². The highest BCUT2D eigenvalue weighted by atomic mass is 14.7. The van der Waals surface area contributed by atoms with Crippen LogP contribution in [0.4, 0.5) is 0 Å². The largest absolute Gasteiger partial charge is 0.328 e. The molecule has 172 valence electrons. The van der Waals surface area contributed by atoms with Crippen molar-refractivity contribution in [3.63, 3.8) is 0 Å². The van der Waals surface area contributed by atoms with Crippen molar-refractivity contribution >= 4 is 0 Å². The van der Waals surface area contributed by atoms with Crippen molar-refractivity contribution in [3.8, 4) is 0 Å². The predicted molar refractivity (Wildman–Crippen MR) is 130 cm³/mol. The van der Waals surface area contributed by atoms with Crippen LogP contribution in [0.2, 0.25) is 0 Å². The minimum absolute atomic E-state index is 0.485. The zero-order chi connectivity index (χ0) is 21.6. The van der Waals surface area contributed by atoms with Gasteiger partial charge in [0.05, 0.1) is 0 Å². The Morgan fingerprint density at radius 2 is 1.69 bits per heavy atom. The summed E-state index contributed by atoms with van der Waals surface area (Å²) in [4.78, 5) is 0. The SMILES string of the molecule is CCCC(C)CC1C2CC[C@@H](N)CC2CCC1C(CC)C(C)CCCC(C)(C)C. The van der Waals surface area contributed by atoms with Crippen LogP contribution in [0.15, 0.2) is 0 Å². The first-order valence-corrected chi connectivity index (χ1v) is 13.4. The number of hydrogen-bond acceptors (Lipinski definition) is 1. The van der Waals surface area contributed by atoms with Gasteiger partial charge in [-0.3, -0.25) is 0 Å². The summed E-state index contributed by atoms with van der Waals surface area (Å²) in [6.45, 7) is 17.2. The zero-order valence-corrected chi connectivity index (χ0v) is 21.2. The van der Waals surface area contributed by atoms with Gasteiger partial charge in [0, 0.05) is 6.04 Å². The molecule has 0 spiro atoms. The third kappa shape index (κ3) is 7.55. The molecule has 0 aromatic heterocycles. The fraction of sp³-hybridized carbons (Fsp3) is 1.00. The van der Waals surface area contributed by atoms with Gasteiger partial charge in [-0.15, -0.1) is 0 Å². The summed E-state index contributed by atoms with van der Waals surface area (Å²) >= 11 is 0. The number of fused-ring (bicyclic) bond motifs is 1. The van der Waals surface area contributed by atoms with Gasteiger partial charge in [-0.1, -0.05) is 80.6 Å². The summed E-state index contributed by atoms with van der Waals surface area (Å²) in [6.07, 6.45) is 16.8. The van der Waals surface area contributed by atoms with Crippen LogP contribution < -0.4 is 5.73 Å². The van der Waals surface area contributed by atoms with Crippen molar-refractivity contribution in [2.24, 2.45) is 52.6 Å². The molecule has 2 N–H and O–H groups in total. The van der Waals surface area contributed by atoms with Crippen molar-refractivity contribution in [1.82, 2.24) is 0 Å². The molecule has 8 atom stereocenters. The molecule has 0 aromatic carbocycles. The highest BCUT2D eigenvalue weighted by Crippen LogP contribution is 2.52. The van der Waals surface area contributed by atoms with Gasteiger partial charge < -0.3 is 5.73 Å². The smallest absolute Gasteiger partial charge is 0.00416 e. The van der Waals surface area contributed by atoms with Gasteiger partial charge in [-0.2, -0.15) is 0 Å². The maximum atomic E-state index is 6.39. The standard InChI is InChI=1S/C28H55N/c1-8-11-20(3)18-27-25-16-14-23(29)19-22(25)13-15-26(27)24(9-2)21(4)12-10-17-28(5,6)7/h20-27H,8-19,29H2,1-7H3/t20?,21?,22?,23-,24?,25?,26?,27?/m1/s1. The number of rotatable bonds is 10. The van der Waals surface area contributed by atoms with Crippen molar-refractivity contribution in [2.75, 3.05) is 0 Å². The van der Waals surface area contributed by atoms with E-state index in [-0.39, 0.29) is 0 Å². The fourth-order valence-corrected chi connectivity index (χ4v) is 7.41. The first-order valence-electron chi connectivity index (χ1n) is 13.4. The van der Waals surface area contributed by atoms with Crippen LogP contribution in [0.3, 0.4) is 0 Å². The van der Waals surface area contributed by atoms with E-state index in [1.165, 1.54) is 77.0 Å². The lowest BCUT2D eigenvalue weighted by molar-refractivity contribution is -0.00704. The second kappa shape index (κ2) is 11.5. The third-order valence-corrected chi connectivity index (χ3v) is 8.85. The quantitative estimate of drug-likeness (QED) is 0.387. The molecule has 0 bridgehead atoms. The molecule has 0 heterocycles. The average Bonchev–Trinajstić information content (AvgIpc) is 2.62. The zero-order valence-electron chi connectivity index (χ0n) is 21.2. The molecule has 2 aliphatic carbocycles. The van der Waals surface area contributed by atoms with Crippen LogP contribution >= 0.6 is 0 Å². The molecule has 0 aliphatic heterocycles.